The zero-order chi connectivity index (χ0) is 18.3. The summed E-state index contributed by atoms with van der Waals surface area (Å²) in [6, 6.07) is 10.8. The minimum absolute atomic E-state index is 0.0112. The Kier molecular flexibility index (Phi) is 4.44. The molecule has 2 amide bonds. The second-order valence-corrected chi connectivity index (χ2v) is 7.52. The maximum absolute atomic E-state index is 13.0. The Bertz CT molecular complexity index is 800. The fraction of sp³-hybridized carbons (Fsp3) is 0.500. The highest BCUT2D eigenvalue weighted by Crippen LogP contribution is 2.27. The average molecular weight is 353 g/mol. The number of carbonyl (C=O) groups excluding carboxylic acids is 1. The number of amides is 2. The van der Waals surface area contributed by atoms with Crippen molar-refractivity contribution < 1.29 is 4.79 Å². The lowest BCUT2D eigenvalue weighted by atomic mass is 10.1. The van der Waals surface area contributed by atoms with Gasteiger partial charge in [0.2, 0.25) is 0 Å². The summed E-state index contributed by atoms with van der Waals surface area (Å²) in [6.45, 7) is 9.05. The normalized spacial score (nSPS) is 23.1. The van der Waals surface area contributed by atoms with Crippen LogP contribution in [0.5, 0.6) is 0 Å². The monoisotopic (exact) mass is 353 g/mol. The quantitative estimate of drug-likeness (QED) is 0.902. The second kappa shape index (κ2) is 6.76. The van der Waals surface area contributed by atoms with E-state index in [0.717, 1.165) is 35.9 Å². The van der Waals surface area contributed by atoms with E-state index in [1.54, 1.807) is 0 Å². The van der Waals surface area contributed by atoms with Crippen LogP contribution in [0.2, 0.25) is 0 Å². The van der Waals surface area contributed by atoms with Gasteiger partial charge in [-0.2, -0.15) is 5.10 Å². The fourth-order valence-corrected chi connectivity index (χ4v) is 4.29. The van der Waals surface area contributed by atoms with Crippen molar-refractivity contribution in [3.05, 3.63) is 41.7 Å². The van der Waals surface area contributed by atoms with Gasteiger partial charge in [0.15, 0.2) is 0 Å². The van der Waals surface area contributed by atoms with Gasteiger partial charge in [-0.15, -0.1) is 0 Å². The highest BCUT2D eigenvalue weighted by atomic mass is 16.2. The maximum atomic E-state index is 13.0. The molecule has 26 heavy (non-hydrogen) atoms. The first-order valence-electron chi connectivity index (χ1n) is 9.48. The molecule has 2 saturated heterocycles. The Hall–Kier alpha value is -2.34. The lowest BCUT2D eigenvalue weighted by molar-refractivity contribution is 0.0861. The van der Waals surface area contributed by atoms with Gasteiger partial charge in [0.05, 0.1) is 22.8 Å². The Balaban J connectivity index is 1.54. The summed E-state index contributed by atoms with van der Waals surface area (Å²) in [5, 5.41) is 7.76. The zero-order valence-electron chi connectivity index (χ0n) is 15.8. The number of anilines is 1. The van der Waals surface area contributed by atoms with Gasteiger partial charge in [-0.05, 0) is 52.3 Å². The van der Waals surface area contributed by atoms with E-state index in [1.807, 2.05) is 53.8 Å². The van der Waals surface area contributed by atoms with Crippen molar-refractivity contribution >= 4 is 11.7 Å². The molecule has 1 aromatic carbocycles. The molecule has 0 spiro atoms. The Morgan fingerprint density at radius 1 is 1.19 bits per heavy atom. The smallest absolute Gasteiger partial charge is 0.319 e. The molecule has 0 unspecified atom stereocenters. The summed E-state index contributed by atoms with van der Waals surface area (Å²) in [7, 11) is 0. The number of benzene rings is 1. The van der Waals surface area contributed by atoms with Crippen molar-refractivity contribution in [2.24, 2.45) is 0 Å². The molecule has 2 fully saturated rings. The first kappa shape index (κ1) is 17.1. The Morgan fingerprint density at radius 3 is 2.73 bits per heavy atom. The summed E-state index contributed by atoms with van der Waals surface area (Å²) in [4.78, 5) is 17.5. The zero-order valence-corrected chi connectivity index (χ0v) is 15.8. The number of para-hydroxylation sites is 1. The van der Waals surface area contributed by atoms with Crippen molar-refractivity contribution in [1.29, 1.82) is 0 Å². The largest absolute Gasteiger partial charge is 0.322 e. The minimum atomic E-state index is -0.0112. The van der Waals surface area contributed by atoms with Crippen LogP contribution in [0.1, 0.15) is 31.2 Å². The van der Waals surface area contributed by atoms with E-state index in [2.05, 4.69) is 22.2 Å². The molecule has 0 saturated carbocycles. The summed E-state index contributed by atoms with van der Waals surface area (Å²) in [6.07, 6.45) is 2.44. The van der Waals surface area contributed by atoms with Gasteiger partial charge in [0.25, 0.3) is 0 Å². The molecule has 0 bridgehead atoms. The van der Waals surface area contributed by atoms with Crippen LogP contribution in [0.3, 0.4) is 0 Å². The molecule has 0 aliphatic carbocycles. The van der Waals surface area contributed by atoms with Crippen LogP contribution in [0, 0.1) is 13.8 Å². The molecule has 2 atom stereocenters. The first-order valence-corrected chi connectivity index (χ1v) is 9.48. The van der Waals surface area contributed by atoms with E-state index in [9.17, 15) is 4.79 Å². The molecule has 6 nitrogen and oxygen atoms in total. The third kappa shape index (κ3) is 2.98. The van der Waals surface area contributed by atoms with Crippen molar-refractivity contribution in [2.75, 3.05) is 25.0 Å². The molecule has 0 radical (unpaired) electrons. The average Bonchev–Trinajstić information content (AvgIpc) is 3.20. The number of fused-ring (bicyclic) bond motifs is 1. The number of rotatable bonds is 2. The van der Waals surface area contributed by atoms with Crippen LogP contribution in [-0.4, -0.2) is 57.3 Å². The number of hydrogen-bond acceptors (Lipinski definition) is 3. The van der Waals surface area contributed by atoms with E-state index in [-0.39, 0.29) is 12.1 Å². The number of piperazine rings is 1. The fourth-order valence-electron chi connectivity index (χ4n) is 4.29. The standard InChI is InChI=1S/C20H27N5O/c1-14-12-23-11-7-10-18(23)13-24(14)20(26)21-19-15(2)22-25(16(19)3)17-8-5-4-6-9-17/h4-6,8-9,14,18H,7,10-13H2,1-3H3,(H,21,26)/t14-,18-/m0/s1. The van der Waals surface area contributed by atoms with Gasteiger partial charge in [-0.25, -0.2) is 9.48 Å². The predicted molar refractivity (Wildman–Crippen MR) is 103 cm³/mol. The van der Waals surface area contributed by atoms with Crippen LogP contribution >= 0.6 is 0 Å². The van der Waals surface area contributed by atoms with Crippen molar-refractivity contribution in [3.8, 4) is 5.69 Å². The summed E-state index contributed by atoms with van der Waals surface area (Å²) >= 11 is 0. The summed E-state index contributed by atoms with van der Waals surface area (Å²) in [5.74, 6) is 0. The predicted octanol–water partition coefficient (Wildman–Crippen LogP) is 3.19. The van der Waals surface area contributed by atoms with Gasteiger partial charge in [0, 0.05) is 25.2 Å². The SMILES string of the molecule is Cc1nn(-c2ccccc2)c(C)c1NC(=O)N1C[C@@H]2CCCN2C[C@@H]1C. The molecule has 138 valence electrons. The van der Waals surface area contributed by atoms with Crippen molar-refractivity contribution in [1.82, 2.24) is 19.6 Å². The molecule has 2 aromatic rings. The van der Waals surface area contributed by atoms with Crippen LogP contribution in [0.4, 0.5) is 10.5 Å². The van der Waals surface area contributed by atoms with E-state index in [4.69, 9.17) is 0 Å². The van der Waals surface area contributed by atoms with Gasteiger partial charge in [-0.3, -0.25) is 4.90 Å². The molecular weight excluding hydrogens is 326 g/mol. The third-order valence-electron chi connectivity index (χ3n) is 5.72. The lowest BCUT2D eigenvalue weighted by Crippen LogP contribution is -2.57. The van der Waals surface area contributed by atoms with E-state index in [0.29, 0.717) is 6.04 Å². The molecular formula is C20H27N5O. The van der Waals surface area contributed by atoms with Gasteiger partial charge in [-0.1, -0.05) is 18.2 Å². The topological polar surface area (TPSA) is 53.4 Å². The molecule has 2 aliphatic rings. The highest BCUT2D eigenvalue weighted by Gasteiger charge is 2.36. The molecule has 6 heteroatoms. The minimum Gasteiger partial charge on any atom is -0.319 e. The number of aromatic nitrogens is 2. The van der Waals surface area contributed by atoms with Crippen molar-refractivity contribution in [2.45, 2.75) is 45.7 Å². The maximum Gasteiger partial charge on any atom is 0.322 e. The van der Waals surface area contributed by atoms with Gasteiger partial charge >= 0.3 is 6.03 Å². The second-order valence-electron chi connectivity index (χ2n) is 7.52. The number of urea groups is 1. The Labute approximate surface area is 154 Å². The molecule has 3 heterocycles. The summed E-state index contributed by atoms with van der Waals surface area (Å²) < 4.78 is 1.89. The number of hydrogen-bond donors (Lipinski definition) is 1. The van der Waals surface area contributed by atoms with E-state index < -0.39 is 0 Å². The summed E-state index contributed by atoms with van der Waals surface area (Å²) in [5.41, 5.74) is 3.61. The van der Waals surface area contributed by atoms with E-state index >= 15 is 0 Å². The third-order valence-corrected chi connectivity index (χ3v) is 5.72. The number of nitrogens with zero attached hydrogens (tertiary/aromatic N) is 4. The molecule has 2 aliphatic heterocycles. The van der Waals surface area contributed by atoms with Crippen LogP contribution < -0.4 is 5.32 Å². The number of carbonyl (C=O) groups is 1. The van der Waals surface area contributed by atoms with E-state index in [1.165, 1.54) is 19.4 Å². The number of nitrogens with one attached hydrogen (secondary N) is 1. The number of aryl methyl sites for hydroxylation is 1. The molecule has 4 rings (SSSR count). The lowest BCUT2D eigenvalue weighted by Gasteiger charge is -2.42. The van der Waals surface area contributed by atoms with Crippen molar-refractivity contribution in [3.63, 3.8) is 0 Å². The Morgan fingerprint density at radius 2 is 1.96 bits per heavy atom. The molecule has 1 N–H and O–H groups in total. The molecule has 1 aromatic heterocycles. The highest BCUT2D eigenvalue weighted by molar-refractivity contribution is 5.91. The van der Waals surface area contributed by atoms with Crippen LogP contribution in [0.25, 0.3) is 5.69 Å². The first-order chi connectivity index (χ1) is 12.5. The van der Waals surface area contributed by atoms with Gasteiger partial charge in [0.1, 0.15) is 0 Å². The van der Waals surface area contributed by atoms with Gasteiger partial charge < -0.3 is 10.2 Å². The van der Waals surface area contributed by atoms with Crippen LogP contribution in [-0.2, 0) is 0 Å². The van der Waals surface area contributed by atoms with Crippen LogP contribution in [0.15, 0.2) is 30.3 Å².